The Morgan fingerprint density at radius 2 is 1.86 bits per heavy atom. The first-order chi connectivity index (χ1) is 13.8. The molecule has 154 valence electrons. The van der Waals surface area contributed by atoms with Gasteiger partial charge in [-0.15, -0.1) is 0 Å². The number of hydrogen-bond donors (Lipinski definition) is 1. The molecule has 0 spiro atoms. The Morgan fingerprint density at radius 1 is 1.14 bits per heavy atom. The van der Waals surface area contributed by atoms with Crippen molar-refractivity contribution in [2.75, 3.05) is 19.3 Å². The van der Waals surface area contributed by atoms with Gasteiger partial charge in [0.1, 0.15) is 0 Å². The van der Waals surface area contributed by atoms with Crippen LogP contribution < -0.4 is 4.72 Å². The number of piperidine rings is 1. The second-order valence-corrected chi connectivity index (χ2v) is 10.3. The van der Waals surface area contributed by atoms with Crippen LogP contribution in [0.3, 0.4) is 0 Å². The van der Waals surface area contributed by atoms with E-state index in [1.165, 1.54) is 11.8 Å². The molecule has 2 aromatic rings. The lowest BCUT2D eigenvalue weighted by atomic mass is 9.95. The fraction of sp³-hybridized carbons (Fsp3) is 0.409. The minimum absolute atomic E-state index is 0.0274. The number of benzene rings is 2. The smallest absolute Gasteiger partial charge is 0.226 e. The standard InChI is InChI=1S/C22H25ClN2O3S/c1-29(27,28)24-17-5-4-12-25(14-17)22(26)21-13-20(21)19-7-3-2-6-18(19)15-8-10-16(23)11-9-15/h2-3,6-11,17,20-21,24H,4-5,12-14H2,1H3/t17-,20-,21+/m0/s1. The zero-order valence-corrected chi connectivity index (χ0v) is 17.9. The third kappa shape index (κ3) is 4.82. The maximum atomic E-state index is 13.1. The quantitative estimate of drug-likeness (QED) is 0.784. The highest BCUT2D eigenvalue weighted by Gasteiger charge is 2.47. The largest absolute Gasteiger partial charge is 0.341 e. The summed E-state index contributed by atoms with van der Waals surface area (Å²) in [6.07, 6.45) is 3.59. The van der Waals surface area contributed by atoms with E-state index in [9.17, 15) is 13.2 Å². The van der Waals surface area contributed by atoms with E-state index >= 15 is 0 Å². The average Bonchev–Trinajstić information content (AvgIpc) is 3.48. The van der Waals surface area contributed by atoms with E-state index in [-0.39, 0.29) is 23.8 Å². The van der Waals surface area contributed by atoms with E-state index in [1.807, 2.05) is 41.3 Å². The lowest BCUT2D eigenvalue weighted by molar-refractivity contribution is -0.133. The molecule has 4 rings (SSSR count). The summed E-state index contributed by atoms with van der Waals surface area (Å²) in [7, 11) is -3.27. The van der Waals surface area contributed by atoms with Gasteiger partial charge < -0.3 is 4.90 Å². The van der Waals surface area contributed by atoms with Gasteiger partial charge in [-0.2, -0.15) is 0 Å². The Morgan fingerprint density at radius 3 is 2.59 bits per heavy atom. The van der Waals surface area contributed by atoms with Gasteiger partial charge >= 0.3 is 0 Å². The number of amides is 1. The molecule has 1 aliphatic heterocycles. The SMILES string of the molecule is CS(=O)(=O)N[C@H]1CCCN(C(=O)[C@@H]2C[C@H]2c2ccccc2-c2ccc(Cl)cc2)C1. The molecular formula is C22H25ClN2O3S. The van der Waals surface area contributed by atoms with Gasteiger partial charge in [0.2, 0.25) is 15.9 Å². The molecule has 0 unspecified atom stereocenters. The molecule has 7 heteroatoms. The summed E-state index contributed by atoms with van der Waals surface area (Å²) in [4.78, 5) is 14.9. The highest BCUT2D eigenvalue weighted by atomic mass is 35.5. The monoisotopic (exact) mass is 432 g/mol. The van der Waals surface area contributed by atoms with Gasteiger partial charge in [-0.05, 0) is 54.0 Å². The van der Waals surface area contributed by atoms with Gasteiger partial charge in [0.05, 0.1) is 6.26 Å². The zero-order valence-electron chi connectivity index (χ0n) is 16.3. The van der Waals surface area contributed by atoms with Crippen molar-refractivity contribution in [1.82, 2.24) is 9.62 Å². The molecule has 2 aromatic carbocycles. The third-order valence-electron chi connectivity index (χ3n) is 5.74. The first-order valence-corrected chi connectivity index (χ1v) is 12.2. The lowest BCUT2D eigenvalue weighted by Gasteiger charge is -2.33. The molecule has 1 aliphatic carbocycles. The first kappa shape index (κ1) is 20.4. The van der Waals surface area contributed by atoms with Crippen LogP contribution in [0.4, 0.5) is 0 Å². The summed E-state index contributed by atoms with van der Waals surface area (Å²) in [5, 5.41) is 0.702. The molecule has 2 aliphatic rings. The van der Waals surface area contributed by atoms with E-state index < -0.39 is 10.0 Å². The molecule has 1 N–H and O–H groups in total. The van der Waals surface area contributed by atoms with Crippen LogP contribution in [0.2, 0.25) is 5.02 Å². The number of rotatable bonds is 5. The summed E-state index contributed by atoms with van der Waals surface area (Å²) < 4.78 is 25.7. The molecule has 2 fully saturated rings. The number of carbonyl (C=O) groups excluding carboxylic acids is 1. The Hall–Kier alpha value is -1.89. The number of nitrogens with one attached hydrogen (secondary N) is 1. The Bertz CT molecular complexity index is 1010. The predicted octanol–water partition coefficient (Wildman–Crippen LogP) is 3.65. The summed E-state index contributed by atoms with van der Waals surface area (Å²) in [6.45, 7) is 1.15. The molecule has 0 bridgehead atoms. The van der Waals surface area contributed by atoms with Crippen LogP contribution in [0, 0.1) is 5.92 Å². The number of carbonyl (C=O) groups is 1. The second-order valence-electron chi connectivity index (χ2n) is 8.06. The summed E-state index contributed by atoms with van der Waals surface area (Å²) in [6, 6.07) is 15.8. The highest BCUT2D eigenvalue weighted by molar-refractivity contribution is 7.88. The number of likely N-dealkylation sites (tertiary alicyclic amines) is 1. The van der Waals surface area contributed by atoms with Crippen molar-refractivity contribution in [2.45, 2.75) is 31.2 Å². The number of sulfonamides is 1. The molecule has 1 saturated heterocycles. The molecule has 0 radical (unpaired) electrons. The van der Waals surface area contributed by atoms with Crippen LogP contribution in [-0.2, 0) is 14.8 Å². The van der Waals surface area contributed by atoms with Crippen molar-refractivity contribution in [3.63, 3.8) is 0 Å². The van der Waals surface area contributed by atoms with E-state index in [0.29, 0.717) is 18.1 Å². The fourth-order valence-electron chi connectivity index (χ4n) is 4.34. The minimum Gasteiger partial charge on any atom is -0.341 e. The molecule has 5 nitrogen and oxygen atoms in total. The van der Waals surface area contributed by atoms with Crippen molar-refractivity contribution >= 4 is 27.5 Å². The van der Waals surface area contributed by atoms with Crippen molar-refractivity contribution < 1.29 is 13.2 Å². The Kier molecular flexibility index (Phi) is 5.69. The normalized spacial score (nSPS) is 24.3. The minimum atomic E-state index is -3.27. The van der Waals surface area contributed by atoms with Crippen molar-refractivity contribution in [3.8, 4) is 11.1 Å². The second kappa shape index (κ2) is 8.09. The van der Waals surface area contributed by atoms with Crippen molar-refractivity contribution in [1.29, 1.82) is 0 Å². The van der Waals surface area contributed by atoms with Gasteiger partial charge in [0, 0.05) is 30.1 Å². The molecule has 1 saturated carbocycles. The lowest BCUT2D eigenvalue weighted by Crippen LogP contribution is -2.49. The summed E-state index contributed by atoms with van der Waals surface area (Å²) >= 11 is 6.02. The van der Waals surface area contributed by atoms with Crippen LogP contribution in [0.5, 0.6) is 0 Å². The van der Waals surface area contributed by atoms with Crippen LogP contribution >= 0.6 is 11.6 Å². The maximum Gasteiger partial charge on any atom is 0.226 e. The van der Waals surface area contributed by atoms with E-state index in [0.717, 1.165) is 30.4 Å². The Labute approximate surface area is 177 Å². The van der Waals surface area contributed by atoms with E-state index in [1.54, 1.807) is 0 Å². The summed E-state index contributed by atoms with van der Waals surface area (Å²) in [5.41, 5.74) is 3.43. The third-order valence-corrected chi connectivity index (χ3v) is 6.75. The summed E-state index contributed by atoms with van der Waals surface area (Å²) in [5.74, 6) is 0.318. The molecule has 0 aromatic heterocycles. The van der Waals surface area contributed by atoms with Crippen LogP contribution in [-0.4, -0.2) is 44.6 Å². The number of hydrogen-bond acceptors (Lipinski definition) is 3. The molecular weight excluding hydrogens is 408 g/mol. The predicted molar refractivity (Wildman–Crippen MR) is 115 cm³/mol. The zero-order chi connectivity index (χ0) is 20.6. The molecule has 29 heavy (non-hydrogen) atoms. The van der Waals surface area contributed by atoms with Gasteiger partial charge in [0.25, 0.3) is 0 Å². The fourth-order valence-corrected chi connectivity index (χ4v) is 5.26. The van der Waals surface area contributed by atoms with Crippen LogP contribution in [0.15, 0.2) is 48.5 Å². The van der Waals surface area contributed by atoms with Gasteiger partial charge in [0.15, 0.2) is 0 Å². The topological polar surface area (TPSA) is 66.5 Å². The van der Waals surface area contributed by atoms with Gasteiger partial charge in [-0.3, -0.25) is 4.79 Å². The number of nitrogens with zero attached hydrogens (tertiary/aromatic N) is 1. The average molecular weight is 433 g/mol. The first-order valence-electron chi connectivity index (χ1n) is 9.93. The van der Waals surface area contributed by atoms with Gasteiger partial charge in [-0.25, -0.2) is 13.1 Å². The van der Waals surface area contributed by atoms with E-state index in [4.69, 9.17) is 11.6 Å². The van der Waals surface area contributed by atoms with Crippen molar-refractivity contribution in [3.05, 3.63) is 59.1 Å². The van der Waals surface area contributed by atoms with Crippen molar-refractivity contribution in [2.24, 2.45) is 5.92 Å². The molecule has 1 amide bonds. The molecule has 3 atom stereocenters. The molecule has 1 heterocycles. The Balaban J connectivity index is 1.47. The maximum absolute atomic E-state index is 13.1. The van der Waals surface area contributed by atoms with Crippen LogP contribution in [0.1, 0.15) is 30.7 Å². The van der Waals surface area contributed by atoms with E-state index in [2.05, 4.69) is 16.9 Å². The van der Waals surface area contributed by atoms with Gasteiger partial charge in [-0.1, -0.05) is 48.0 Å². The number of halogens is 1. The highest BCUT2D eigenvalue weighted by Crippen LogP contribution is 2.51. The van der Waals surface area contributed by atoms with Crippen LogP contribution in [0.25, 0.3) is 11.1 Å².